The number of hydrogen-bond acceptors (Lipinski definition) is 3. The molecule has 2 aromatic carbocycles. The fourth-order valence-electron chi connectivity index (χ4n) is 2.20. The molecule has 2 rings (SSSR count). The molecule has 2 aromatic rings. The highest BCUT2D eigenvalue weighted by Gasteiger charge is 2.09. The Morgan fingerprint density at radius 3 is 2.39 bits per heavy atom. The van der Waals surface area contributed by atoms with E-state index in [9.17, 15) is 4.79 Å². The molecule has 1 N–H and O–H groups in total. The monoisotopic (exact) mass is 329 g/mol. The van der Waals surface area contributed by atoms with Gasteiger partial charge in [0.05, 0.1) is 18.9 Å². The average molecular weight is 329 g/mol. The first kappa shape index (κ1) is 17.4. The molecule has 0 aliphatic heterocycles. The van der Waals surface area contributed by atoms with E-state index in [2.05, 4.69) is 36.5 Å². The number of amides is 1. The van der Waals surface area contributed by atoms with Crippen molar-refractivity contribution in [3.05, 3.63) is 65.2 Å². The Hall–Kier alpha value is -1.94. The molecule has 0 radical (unpaired) electrons. The minimum atomic E-state index is -0.00613. The van der Waals surface area contributed by atoms with E-state index in [1.165, 1.54) is 11.1 Å². The van der Waals surface area contributed by atoms with E-state index in [1.807, 2.05) is 31.2 Å². The molecular weight excluding hydrogens is 306 g/mol. The SMILES string of the molecule is COc1ccc(C(C)NC(=O)CSCc2ccc(C)cc2)cc1. The number of ether oxygens (including phenoxy) is 1. The zero-order valence-electron chi connectivity index (χ0n) is 13.8. The standard InChI is InChI=1S/C19H23NO2S/c1-14-4-6-16(7-5-14)12-23-13-19(21)20-15(2)17-8-10-18(22-3)11-9-17/h4-11,15H,12-13H2,1-3H3,(H,20,21). The van der Waals surface area contributed by atoms with Crippen LogP contribution in [0.5, 0.6) is 5.75 Å². The van der Waals surface area contributed by atoms with Crippen LogP contribution in [0.4, 0.5) is 0 Å². The molecule has 0 fully saturated rings. The van der Waals surface area contributed by atoms with Crippen molar-refractivity contribution < 1.29 is 9.53 Å². The second kappa shape index (κ2) is 8.63. The van der Waals surface area contributed by atoms with E-state index in [4.69, 9.17) is 4.74 Å². The lowest BCUT2D eigenvalue weighted by Gasteiger charge is -2.14. The number of aryl methyl sites for hydroxylation is 1. The minimum absolute atomic E-state index is 0.00613. The van der Waals surface area contributed by atoms with Gasteiger partial charge in [0.25, 0.3) is 0 Å². The van der Waals surface area contributed by atoms with Crippen molar-refractivity contribution in [2.24, 2.45) is 0 Å². The molecule has 0 bridgehead atoms. The van der Waals surface area contributed by atoms with Crippen molar-refractivity contribution in [3.8, 4) is 5.75 Å². The summed E-state index contributed by atoms with van der Waals surface area (Å²) in [6.45, 7) is 4.06. The molecule has 0 aromatic heterocycles. The van der Waals surface area contributed by atoms with Crippen LogP contribution in [0.25, 0.3) is 0 Å². The predicted octanol–water partition coefficient (Wildman–Crippen LogP) is 4.11. The summed E-state index contributed by atoms with van der Waals surface area (Å²) in [4.78, 5) is 12.0. The molecule has 0 aliphatic rings. The fraction of sp³-hybridized carbons (Fsp3) is 0.316. The van der Waals surface area contributed by atoms with Crippen LogP contribution < -0.4 is 10.1 Å². The highest BCUT2D eigenvalue weighted by Crippen LogP contribution is 2.18. The first-order chi connectivity index (χ1) is 11.1. The third kappa shape index (κ3) is 5.64. The van der Waals surface area contributed by atoms with Crippen LogP contribution >= 0.6 is 11.8 Å². The van der Waals surface area contributed by atoms with E-state index in [1.54, 1.807) is 18.9 Å². The third-order valence-electron chi connectivity index (χ3n) is 3.62. The van der Waals surface area contributed by atoms with Crippen LogP contribution in [0.3, 0.4) is 0 Å². The zero-order chi connectivity index (χ0) is 16.7. The van der Waals surface area contributed by atoms with Gasteiger partial charge in [-0.2, -0.15) is 0 Å². The number of carbonyl (C=O) groups excluding carboxylic acids is 1. The number of carbonyl (C=O) groups is 1. The van der Waals surface area contributed by atoms with Crippen LogP contribution in [-0.2, 0) is 10.5 Å². The zero-order valence-corrected chi connectivity index (χ0v) is 14.7. The molecule has 0 saturated heterocycles. The van der Waals surface area contributed by atoms with Crippen molar-refractivity contribution in [1.29, 1.82) is 0 Å². The van der Waals surface area contributed by atoms with Gasteiger partial charge in [-0.15, -0.1) is 11.8 Å². The lowest BCUT2D eigenvalue weighted by Crippen LogP contribution is -2.28. The summed E-state index contributed by atoms with van der Waals surface area (Å²) < 4.78 is 5.14. The van der Waals surface area contributed by atoms with E-state index in [-0.39, 0.29) is 11.9 Å². The summed E-state index contributed by atoms with van der Waals surface area (Å²) in [7, 11) is 1.64. The number of methoxy groups -OCH3 is 1. The molecule has 1 amide bonds. The number of nitrogens with one attached hydrogen (secondary N) is 1. The molecule has 122 valence electrons. The maximum Gasteiger partial charge on any atom is 0.230 e. The molecule has 1 unspecified atom stereocenters. The lowest BCUT2D eigenvalue weighted by molar-refractivity contribution is -0.119. The van der Waals surface area contributed by atoms with Crippen LogP contribution in [0.15, 0.2) is 48.5 Å². The molecule has 1 atom stereocenters. The van der Waals surface area contributed by atoms with Crippen molar-refractivity contribution in [3.63, 3.8) is 0 Å². The molecule has 23 heavy (non-hydrogen) atoms. The number of benzene rings is 2. The molecule has 0 aliphatic carbocycles. The largest absolute Gasteiger partial charge is 0.497 e. The summed E-state index contributed by atoms with van der Waals surface area (Å²) in [5, 5.41) is 3.03. The van der Waals surface area contributed by atoms with E-state index in [0.717, 1.165) is 17.1 Å². The Labute approximate surface area is 142 Å². The van der Waals surface area contributed by atoms with Gasteiger partial charge < -0.3 is 10.1 Å². The summed E-state index contributed by atoms with van der Waals surface area (Å²) in [6.07, 6.45) is 0. The van der Waals surface area contributed by atoms with Crippen LogP contribution in [0.1, 0.15) is 29.7 Å². The second-order valence-corrected chi connectivity index (χ2v) is 6.53. The Morgan fingerprint density at radius 2 is 1.78 bits per heavy atom. The van der Waals surface area contributed by atoms with Gasteiger partial charge in [-0.05, 0) is 37.1 Å². The van der Waals surface area contributed by atoms with E-state index < -0.39 is 0 Å². The van der Waals surface area contributed by atoms with Gasteiger partial charge in [-0.3, -0.25) is 4.79 Å². The van der Waals surface area contributed by atoms with Crippen LogP contribution in [-0.4, -0.2) is 18.8 Å². The van der Waals surface area contributed by atoms with E-state index >= 15 is 0 Å². The van der Waals surface area contributed by atoms with Gasteiger partial charge in [0.2, 0.25) is 5.91 Å². The van der Waals surface area contributed by atoms with Crippen LogP contribution in [0.2, 0.25) is 0 Å². The smallest absolute Gasteiger partial charge is 0.230 e. The molecule has 3 nitrogen and oxygen atoms in total. The van der Waals surface area contributed by atoms with Gasteiger partial charge in [0.15, 0.2) is 0 Å². The number of rotatable bonds is 7. The van der Waals surface area contributed by atoms with Crippen molar-refractivity contribution >= 4 is 17.7 Å². The van der Waals surface area contributed by atoms with Gasteiger partial charge in [-0.1, -0.05) is 42.0 Å². The maximum absolute atomic E-state index is 12.0. The average Bonchev–Trinajstić information content (AvgIpc) is 2.56. The molecule has 4 heteroatoms. The first-order valence-corrected chi connectivity index (χ1v) is 8.80. The number of hydrogen-bond donors (Lipinski definition) is 1. The quantitative estimate of drug-likeness (QED) is 0.830. The maximum atomic E-state index is 12.0. The first-order valence-electron chi connectivity index (χ1n) is 7.65. The Bertz CT molecular complexity index is 623. The van der Waals surface area contributed by atoms with E-state index in [0.29, 0.717) is 5.75 Å². The Morgan fingerprint density at radius 1 is 1.13 bits per heavy atom. The molecular formula is C19H23NO2S. The Kier molecular flexibility index (Phi) is 6.53. The van der Waals surface area contributed by atoms with Gasteiger partial charge in [0, 0.05) is 5.75 Å². The highest BCUT2D eigenvalue weighted by molar-refractivity contribution is 7.99. The molecule has 0 saturated carbocycles. The third-order valence-corrected chi connectivity index (χ3v) is 4.62. The summed E-state index contributed by atoms with van der Waals surface area (Å²) in [5.41, 5.74) is 3.57. The summed E-state index contributed by atoms with van der Waals surface area (Å²) >= 11 is 1.63. The van der Waals surface area contributed by atoms with Gasteiger partial charge in [-0.25, -0.2) is 0 Å². The van der Waals surface area contributed by atoms with Gasteiger partial charge >= 0.3 is 0 Å². The minimum Gasteiger partial charge on any atom is -0.497 e. The second-order valence-electron chi connectivity index (χ2n) is 5.54. The molecule has 0 heterocycles. The van der Waals surface area contributed by atoms with Crippen LogP contribution in [0, 0.1) is 6.92 Å². The Balaban J connectivity index is 1.76. The predicted molar refractivity (Wildman–Crippen MR) is 96.9 cm³/mol. The fourth-order valence-corrected chi connectivity index (χ4v) is 3.00. The normalized spacial score (nSPS) is 11.8. The van der Waals surface area contributed by atoms with Gasteiger partial charge in [0.1, 0.15) is 5.75 Å². The number of thioether (sulfide) groups is 1. The topological polar surface area (TPSA) is 38.3 Å². The van der Waals surface area contributed by atoms with Crippen molar-refractivity contribution in [2.75, 3.05) is 12.9 Å². The van der Waals surface area contributed by atoms with Crippen molar-refractivity contribution in [2.45, 2.75) is 25.6 Å². The van der Waals surface area contributed by atoms with Crippen molar-refractivity contribution in [1.82, 2.24) is 5.32 Å². The summed E-state index contributed by atoms with van der Waals surface area (Å²) in [6, 6.07) is 16.2. The molecule has 0 spiro atoms. The summed E-state index contributed by atoms with van der Waals surface area (Å²) in [5.74, 6) is 2.20. The highest BCUT2D eigenvalue weighted by atomic mass is 32.2. The lowest BCUT2D eigenvalue weighted by atomic mass is 10.1.